The summed E-state index contributed by atoms with van der Waals surface area (Å²) in [4.78, 5) is 2.09. The highest BCUT2D eigenvalue weighted by atomic mass is 19.4. The predicted molar refractivity (Wildman–Crippen MR) is 64.7 cm³/mol. The molecule has 0 aromatic rings. The van der Waals surface area contributed by atoms with Crippen molar-refractivity contribution in [2.24, 2.45) is 0 Å². The Bertz CT molecular complexity index is 382. The van der Waals surface area contributed by atoms with Gasteiger partial charge in [-0.15, -0.1) is 0 Å². The Balaban J connectivity index is 2.13. The minimum absolute atomic E-state index is 0.000710. The first-order valence-corrected chi connectivity index (χ1v) is 6.34. The van der Waals surface area contributed by atoms with Crippen LogP contribution < -0.4 is 0 Å². The summed E-state index contributed by atoms with van der Waals surface area (Å²) in [7, 11) is 1.51. The van der Waals surface area contributed by atoms with E-state index in [1.165, 1.54) is 13.2 Å². The van der Waals surface area contributed by atoms with Gasteiger partial charge in [0.25, 0.3) is 0 Å². The maximum absolute atomic E-state index is 12.8. The zero-order chi connectivity index (χ0) is 13.9. The van der Waals surface area contributed by atoms with Crippen molar-refractivity contribution in [1.82, 2.24) is 4.90 Å². The van der Waals surface area contributed by atoms with Crippen LogP contribution in [0.5, 0.6) is 0 Å². The van der Waals surface area contributed by atoms with Crippen LogP contribution in [0, 0.1) is 0 Å². The summed E-state index contributed by atoms with van der Waals surface area (Å²) in [5.41, 5.74) is 0.180. The third-order valence-electron chi connectivity index (χ3n) is 3.44. The number of hydrogen-bond donors (Lipinski definition) is 0. The van der Waals surface area contributed by atoms with Crippen LogP contribution in [0.25, 0.3) is 0 Å². The van der Waals surface area contributed by atoms with Gasteiger partial charge >= 0.3 is 6.18 Å². The smallest absolute Gasteiger partial charge is 0.412 e. The Morgan fingerprint density at radius 1 is 1.26 bits per heavy atom. The van der Waals surface area contributed by atoms with E-state index < -0.39 is 11.7 Å². The summed E-state index contributed by atoms with van der Waals surface area (Å²) in [5, 5.41) is 0. The molecule has 0 saturated carbocycles. The second-order valence-electron chi connectivity index (χ2n) is 4.71. The molecule has 6 heteroatoms. The molecule has 0 spiro atoms. The lowest BCUT2D eigenvalue weighted by Crippen LogP contribution is -2.38. The Kier molecular flexibility index (Phi) is 4.52. The number of morpholine rings is 1. The third-order valence-corrected chi connectivity index (χ3v) is 3.44. The van der Waals surface area contributed by atoms with Gasteiger partial charge in [-0.05, 0) is 12.5 Å². The molecular formula is C13H18F3NO2. The van der Waals surface area contributed by atoms with Gasteiger partial charge in [0.15, 0.2) is 0 Å². The fraction of sp³-hybridized carbons (Fsp3) is 0.692. The van der Waals surface area contributed by atoms with Crippen molar-refractivity contribution in [3.63, 3.8) is 0 Å². The predicted octanol–water partition coefficient (Wildman–Crippen LogP) is 2.50. The van der Waals surface area contributed by atoms with Crippen LogP contribution in [0.4, 0.5) is 13.2 Å². The van der Waals surface area contributed by atoms with E-state index in [0.717, 1.165) is 13.1 Å². The van der Waals surface area contributed by atoms with E-state index in [-0.39, 0.29) is 6.42 Å². The molecule has 0 bridgehead atoms. The molecule has 1 saturated heterocycles. The number of ether oxygens (including phenoxy) is 2. The van der Waals surface area contributed by atoms with E-state index in [4.69, 9.17) is 9.47 Å². The molecule has 2 aliphatic rings. The average molecular weight is 277 g/mol. The van der Waals surface area contributed by atoms with Crippen molar-refractivity contribution in [2.45, 2.75) is 19.0 Å². The number of nitrogens with zero attached hydrogens (tertiary/aromatic N) is 1. The first-order valence-electron chi connectivity index (χ1n) is 6.34. The molecule has 0 atom stereocenters. The molecule has 1 heterocycles. The fourth-order valence-electron chi connectivity index (χ4n) is 2.36. The Hall–Kier alpha value is -1.01. The number of alkyl halides is 3. The van der Waals surface area contributed by atoms with Gasteiger partial charge < -0.3 is 9.47 Å². The van der Waals surface area contributed by atoms with E-state index in [1.807, 2.05) is 0 Å². The van der Waals surface area contributed by atoms with E-state index >= 15 is 0 Å². The minimum atomic E-state index is -4.24. The second kappa shape index (κ2) is 5.96. The van der Waals surface area contributed by atoms with Crippen molar-refractivity contribution in [3.05, 3.63) is 23.0 Å². The normalized spacial score (nSPS) is 22.4. The zero-order valence-electron chi connectivity index (χ0n) is 10.9. The highest BCUT2D eigenvalue weighted by molar-refractivity contribution is 5.34. The van der Waals surface area contributed by atoms with Crippen LogP contribution in [0.1, 0.15) is 12.8 Å². The highest BCUT2D eigenvalue weighted by Gasteiger charge is 2.35. The summed E-state index contributed by atoms with van der Waals surface area (Å²) < 4.78 is 48.7. The molecule has 0 N–H and O–H groups in total. The number of methoxy groups -OCH3 is 1. The summed E-state index contributed by atoms with van der Waals surface area (Å²) in [6.07, 6.45) is -2.67. The second-order valence-corrected chi connectivity index (χ2v) is 4.71. The van der Waals surface area contributed by atoms with Gasteiger partial charge in [-0.1, -0.05) is 0 Å². The topological polar surface area (TPSA) is 21.7 Å². The zero-order valence-corrected chi connectivity index (χ0v) is 10.9. The van der Waals surface area contributed by atoms with Crippen LogP contribution >= 0.6 is 0 Å². The summed E-state index contributed by atoms with van der Waals surface area (Å²) >= 11 is 0. The van der Waals surface area contributed by atoms with Crippen molar-refractivity contribution < 1.29 is 22.6 Å². The van der Waals surface area contributed by atoms with Crippen molar-refractivity contribution >= 4 is 0 Å². The standard InChI is InChI=1S/C13H18F3NO2/c1-18-12-3-2-11(13(14,15)16)8-10(12)9-17-4-6-19-7-5-17/h8H,2-7,9H2,1H3. The van der Waals surface area contributed by atoms with Gasteiger partial charge in [0.2, 0.25) is 0 Å². The molecule has 1 aliphatic heterocycles. The van der Waals surface area contributed by atoms with Gasteiger partial charge in [0.05, 0.1) is 20.3 Å². The van der Waals surface area contributed by atoms with Crippen molar-refractivity contribution in [3.8, 4) is 0 Å². The van der Waals surface area contributed by atoms with Crippen molar-refractivity contribution in [1.29, 1.82) is 0 Å². The summed E-state index contributed by atoms with van der Waals surface area (Å²) in [6, 6.07) is 0. The lowest BCUT2D eigenvalue weighted by molar-refractivity contribution is -0.0945. The lowest BCUT2D eigenvalue weighted by atomic mass is 9.96. The van der Waals surface area contributed by atoms with Gasteiger partial charge in [-0.2, -0.15) is 13.2 Å². The van der Waals surface area contributed by atoms with E-state index in [2.05, 4.69) is 4.90 Å². The molecule has 3 nitrogen and oxygen atoms in total. The first-order chi connectivity index (χ1) is 9.00. The maximum atomic E-state index is 12.8. The third kappa shape index (κ3) is 3.73. The van der Waals surface area contributed by atoms with Gasteiger partial charge in [0, 0.05) is 37.2 Å². The molecule has 0 aromatic carbocycles. The summed E-state index contributed by atoms with van der Waals surface area (Å²) in [5.74, 6) is 0.666. The molecule has 0 amide bonds. The van der Waals surface area contributed by atoms with Crippen LogP contribution in [-0.2, 0) is 9.47 Å². The lowest BCUT2D eigenvalue weighted by Gasteiger charge is -2.29. The molecule has 2 rings (SSSR count). The van der Waals surface area contributed by atoms with Crippen LogP contribution in [-0.4, -0.2) is 51.0 Å². The molecular weight excluding hydrogens is 259 g/mol. The Morgan fingerprint density at radius 2 is 1.95 bits per heavy atom. The molecule has 108 valence electrons. The Morgan fingerprint density at radius 3 is 2.53 bits per heavy atom. The number of halogens is 3. The SMILES string of the molecule is COC1=C(CN2CCOCC2)C=C(C(F)(F)F)CC1. The van der Waals surface area contributed by atoms with Gasteiger partial charge in [-0.25, -0.2) is 0 Å². The minimum Gasteiger partial charge on any atom is -0.501 e. The number of rotatable bonds is 3. The Labute approximate surface area is 110 Å². The molecule has 0 radical (unpaired) electrons. The highest BCUT2D eigenvalue weighted by Crippen LogP contribution is 2.35. The van der Waals surface area contributed by atoms with Gasteiger partial charge in [0.1, 0.15) is 5.76 Å². The molecule has 19 heavy (non-hydrogen) atoms. The van der Waals surface area contributed by atoms with Crippen LogP contribution in [0.15, 0.2) is 23.0 Å². The van der Waals surface area contributed by atoms with Crippen LogP contribution in [0.3, 0.4) is 0 Å². The summed E-state index contributed by atoms with van der Waals surface area (Å²) in [6.45, 7) is 3.24. The van der Waals surface area contributed by atoms with E-state index in [9.17, 15) is 13.2 Å². The fourth-order valence-corrected chi connectivity index (χ4v) is 2.36. The number of allylic oxidation sites excluding steroid dienone is 2. The van der Waals surface area contributed by atoms with Crippen LogP contribution in [0.2, 0.25) is 0 Å². The quantitative estimate of drug-likeness (QED) is 0.791. The molecule has 0 aromatic heterocycles. The van der Waals surface area contributed by atoms with Gasteiger partial charge in [-0.3, -0.25) is 4.90 Å². The molecule has 1 aliphatic carbocycles. The molecule has 1 fully saturated rings. The monoisotopic (exact) mass is 277 g/mol. The van der Waals surface area contributed by atoms with E-state index in [0.29, 0.717) is 37.5 Å². The number of hydrogen-bond acceptors (Lipinski definition) is 3. The average Bonchev–Trinajstić information content (AvgIpc) is 2.39. The first kappa shape index (κ1) is 14.4. The molecule has 0 unspecified atom stereocenters. The largest absolute Gasteiger partial charge is 0.501 e. The maximum Gasteiger partial charge on any atom is 0.412 e. The van der Waals surface area contributed by atoms with Crippen molar-refractivity contribution in [2.75, 3.05) is 40.0 Å². The van der Waals surface area contributed by atoms with E-state index in [1.54, 1.807) is 0 Å².